The van der Waals surface area contributed by atoms with Crippen molar-refractivity contribution in [2.24, 2.45) is 0 Å². The molecule has 3 heteroatoms. The van der Waals surface area contributed by atoms with Crippen LogP contribution in [0.4, 0.5) is 0 Å². The first-order valence-corrected chi connectivity index (χ1v) is 3.33. The summed E-state index contributed by atoms with van der Waals surface area (Å²) >= 11 is 0. The van der Waals surface area contributed by atoms with Gasteiger partial charge < -0.3 is 9.62 Å². The summed E-state index contributed by atoms with van der Waals surface area (Å²) in [5, 5.41) is 8.21. The Hall–Kier alpha value is -0.800. The summed E-state index contributed by atoms with van der Waals surface area (Å²) in [4.78, 5) is 0. The zero-order valence-electron chi connectivity index (χ0n) is 5.71. The first kappa shape index (κ1) is 7.31. The number of nitrogens with one attached hydrogen (secondary N) is 1. The van der Waals surface area contributed by atoms with Gasteiger partial charge in [0.25, 0.3) is 0 Å². The molecule has 1 aromatic heterocycles. The lowest BCUT2D eigenvalue weighted by molar-refractivity contribution is 0.165. The standard InChI is InChI=1S/C7H11NO2/c9-8-5-1-3-7-4-2-6-10-7/h2,4,6,8-9H,1,3,5H2. The average molecular weight is 141 g/mol. The van der Waals surface area contributed by atoms with E-state index in [0.717, 1.165) is 18.6 Å². The number of furan rings is 1. The van der Waals surface area contributed by atoms with Crippen molar-refractivity contribution in [2.45, 2.75) is 12.8 Å². The van der Waals surface area contributed by atoms with Gasteiger partial charge in [0, 0.05) is 13.0 Å². The first-order chi connectivity index (χ1) is 4.93. The van der Waals surface area contributed by atoms with E-state index in [1.807, 2.05) is 12.1 Å². The lowest BCUT2D eigenvalue weighted by Gasteiger charge is -1.94. The number of aryl methyl sites for hydroxylation is 1. The molecule has 0 fully saturated rings. The van der Waals surface area contributed by atoms with E-state index in [-0.39, 0.29) is 0 Å². The molecular weight excluding hydrogens is 130 g/mol. The third-order valence-corrected chi connectivity index (χ3v) is 1.29. The number of hydrogen-bond acceptors (Lipinski definition) is 3. The van der Waals surface area contributed by atoms with Gasteiger partial charge in [0.15, 0.2) is 0 Å². The Morgan fingerprint density at radius 1 is 1.60 bits per heavy atom. The highest BCUT2D eigenvalue weighted by atomic mass is 16.5. The van der Waals surface area contributed by atoms with Gasteiger partial charge >= 0.3 is 0 Å². The SMILES string of the molecule is ONCCCc1ccco1. The van der Waals surface area contributed by atoms with Crippen LogP contribution in [0.15, 0.2) is 22.8 Å². The van der Waals surface area contributed by atoms with E-state index >= 15 is 0 Å². The van der Waals surface area contributed by atoms with Crippen LogP contribution in [-0.4, -0.2) is 11.8 Å². The minimum Gasteiger partial charge on any atom is -0.469 e. The summed E-state index contributed by atoms with van der Waals surface area (Å²) in [7, 11) is 0. The Balaban J connectivity index is 2.15. The van der Waals surface area contributed by atoms with Crippen LogP contribution in [0.3, 0.4) is 0 Å². The van der Waals surface area contributed by atoms with E-state index in [9.17, 15) is 0 Å². The lowest BCUT2D eigenvalue weighted by atomic mass is 10.2. The molecule has 2 N–H and O–H groups in total. The molecule has 0 saturated carbocycles. The van der Waals surface area contributed by atoms with E-state index in [0.29, 0.717) is 6.54 Å². The molecule has 1 aromatic rings. The minimum atomic E-state index is 0.612. The predicted octanol–water partition coefficient (Wildman–Crippen LogP) is 1.19. The summed E-state index contributed by atoms with van der Waals surface area (Å²) in [6, 6.07) is 3.79. The van der Waals surface area contributed by atoms with E-state index in [1.54, 1.807) is 6.26 Å². The molecule has 10 heavy (non-hydrogen) atoms. The van der Waals surface area contributed by atoms with Crippen molar-refractivity contribution in [1.29, 1.82) is 0 Å². The molecule has 0 bridgehead atoms. The van der Waals surface area contributed by atoms with Crippen LogP contribution in [0.1, 0.15) is 12.2 Å². The molecular formula is C7H11NO2. The van der Waals surface area contributed by atoms with Gasteiger partial charge in [-0.3, -0.25) is 0 Å². The van der Waals surface area contributed by atoms with Crippen molar-refractivity contribution in [3.05, 3.63) is 24.2 Å². The van der Waals surface area contributed by atoms with E-state index < -0.39 is 0 Å². The van der Waals surface area contributed by atoms with E-state index in [1.165, 1.54) is 0 Å². The summed E-state index contributed by atoms with van der Waals surface area (Å²) in [5.41, 5.74) is 2.09. The maximum atomic E-state index is 8.21. The van der Waals surface area contributed by atoms with Crippen LogP contribution in [0, 0.1) is 0 Å². The molecule has 0 saturated heterocycles. The molecule has 0 aliphatic rings. The third-order valence-electron chi connectivity index (χ3n) is 1.29. The molecule has 0 aliphatic heterocycles. The average Bonchev–Trinajstić information content (AvgIpc) is 2.41. The summed E-state index contributed by atoms with van der Waals surface area (Å²) in [5.74, 6) is 0.968. The van der Waals surface area contributed by atoms with Gasteiger partial charge in [0.05, 0.1) is 6.26 Å². The molecule has 0 unspecified atom stereocenters. The highest BCUT2D eigenvalue weighted by Gasteiger charge is 1.92. The Morgan fingerprint density at radius 2 is 2.50 bits per heavy atom. The van der Waals surface area contributed by atoms with Gasteiger partial charge in [-0.1, -0.05) is 0 Å². The van der Waals surface area contributed by atoms with Crippen LogP contribution in [0.25, 0.3) is 0 Å². The number of hydroxylamine groups is 1. The van der Waals surface area contributed by atoms with Gasteiger partial charge in [0.2, 0.25) is 0 Å². The Labute approximate surface area is 59.6 Å². The van der Waals surface area contributed by atoms with Gasteiger partial charge in [-0.25, -0.2) is 5.48 Å². The maximum absolute atomic E-state index is 8.21. The fraction of sp³-hybridized carbons (Fsp3) is 0.429. The van der Waals surface area contributed by atoms with Crippen LogP contribution >= 0.6 is 0 Å². The number of hydrogen-bond donors (Lipinski definition) is 2. The molecule has 0 aliphatic carbocycles. The summed E-state index contributed by atoms with van der Waals surface area (Å²) < 4.78 is 5.07. The van der Waals surface area contributed by atoms with Crippen molar-refractivity contribution in [3.63, 3.8) is 0 Å². The topological polar surface area (TPSA) is 45.4 Å². The highest BCUT2D eigenvalue weighted by molar-refractivity contribution is 4.97. The van der Waals surface area contributed by atoms with Gasteiger partial charge in [0.1, 0.15) is 5.76 Å². The molecule has 0 aromatic carbocycles. The molecule has 0 amide bonds. The minimum absolute atomic E-state index is 0.612. The molecule has 56 valence electrons. The molecule has 0 atom stereocenters. The van der Waals surface area contributed by atoms with E-state index in [2.05, 4.69) is 5.48 Å². The van der Waals surface area contributed by atoms with Crippen LogP contribution in [0.2, 0.25) is 0 Å². The van der Waals surface area contributed by atoms with E-state index in [4.69, 9.17) is 9.62 Å². The third kappa shape index (κ3) is 2.21. The second kappa shape index (κ2) is 4.09. The van der Waals surface area contributed by atoms with Crippen molar-refractivity contribution in [3.8, 4) is 0 Å². The van der Waals surface area contributed by atoms with Gasteiger partial charge in [-0.2, -0.15) is 0 Å². The maximum Gasteiger partial charge on any atom is 0.103 e. The second-order valence-corrected chi connectivity index (χ2v) is 2.09. The molecule has 3 nitrogen and oxygen atoms in total. The van der Waals surface area contributed by atoms with Crippen molar-refractivity contribution < 1.29 is 9.62 Å². The zero-order chi connectivity index (χ0) is 7.23. The van der Waals surface area contributed by atoms with Crippen LogP contribution in [0.5, 0.6) is 0 Å². The fourth-order valence-electron chi connectivity index (χ4n) is 0.797. The fourth-order valence-corrected chi connectivity index (χ4v) is 0.797. The highest BCUT2D eigenvalue weighted by Crippen LogP contribution is 2.02. The Bertz CT molecular complexity index is 160. The molecule has 1 rings (SSSR count). The largest absolute Gasteiger partial charge is 0.469 e. The summed E-state index contributed by atoms with van der Waals surface area (Å²) in [6.45, 7) is 0.612. The van der Waals surface area contributed by atoms with Gasteiger partial charge in [-0.15, -0.1) is 0 Å². The Morgan fingerprint density at radius 3 is 3.10 bits per heavy atom. The molecule has 0 radical (unpaired) electrons. The zero-order valence-corrected chi connectivity index (χ0v) is 5.71. The normalized spacial score (nSPS) is 10.1. The Kier molecular flexibility index (Phi) is 2.99. The van der Waals surface area contributed by atoms with Crippen LogP contribution in [-0.2, 0) is 6.42 Å². The van der Waals surface area contributed by atoms with Crippen LogP contribution < -0.4 is 5.48 Å². The smallest absolute Gasteiger partial charge is 0.103 e. The first-order valence-electron chi connectivity index (χ1n) is 3.33. The van der Waals surface area contributed by atoms with Crippen molar-refractivity contribution >= 4 is 0 Å². The lowest BCUT2D eigenvalue weighted by Crippen LogP contribution is -2.08. The second-order valence-electron chi connectivity index (χ2n) is 2.09. The predicted molar refractivity (Wildman–Crippen MR) is 36.8 cm³/mol. The van der Waals surface area contributed by atoms with Crippen molar-refractivity contribution in [2.75, 3.05) is 6.54 Å². The molecule has 0 spiro atoms. The quantitative estimate of drug-likeness (QED) is 0.489. The van der Waals surface area contributed by atoms with Gasteiger partial charge in [-0.05, 0) is 18.6 Å². The summed E-state index contributed by atoms with van der Waals surface area (Å²) in [6.07, 6.45) is 3.42. The monoisotopic (exact) mass is 141 g/mol. The number of rotatable bonds is 4. The van der Waals surface area contributed by atoms with Crippen molar-refractivity contribution in [1.82, 2.24) is 5.48 Å². The molecule has 1 heterocycles.